The van der Waals surface area contributed by atoms with E-state index in [2.05, 4.69) is 19.0 Å². The van der Waals surface area contributed by atoms with Gasteiger partial charge in [-0.1, -0.05) is 32.6 Å². The smallest absolute Gasteiger partial charge is 0.414 e. The van der Waals surface area contributed by atoms with E-state index in [4.69, 9.17) is 9.47 Å². The molecule has 0 saturated heterocycles. The van der Waals surface area contributed by atoms with Gasteiger partial charge in [0, 0.05) is 26.7 Å². The molecule has 0 spiro atoms. The maximum absolute atomic E-state index is 13.2. The number of quaternary nitrogens is 2. The first kappa shape index (κ1) is 40.6. The van der Waals surface area contributed by atoms with Crippen LogP contribution in [0.2, 0.25) is 0 Å². The molecule has 2 amide bonds. The van der Waals surface area contributed by atoms with Crippen LogP contribution < -0.4 is 38.7 Å². The number of pyridine rings is 1. The van der Waals surface area contributed by atoms with Crippen molar-refractivity contribution in [3.05, 3.63) is 24.0 Å². The minimum Gasteiger partial charge on any atom is -1.00 e. The van der Waals surface area contributed by atoms with E-state index in [0.29, 0.717) is 19.6 Å². The molecule has 0 bridgehead atoms. The van der Waals surface area contributed by atoms with E-state index in [1.807, 2.05) is 21.0 Å². The Labute approximate surface area is 263 Å². The van der Waals surface area contributed by atoms with Gasteiger partial charge in [0.15, 0.2) is 5.75 Å². The average Bonchev–Trinajstić information content (AvgIpc) is 2.89. The number of amides is 2. The molecule has 1 rings (SSSR count). The number of rotatable bonds is 18. The molecule has 40 heavy (non-hydrogen) atoms. The maximum atomic E-state index is 13.2. The van der Waals surface area contributed by atoms with Crippen molar-refractivity contribution in [2.45, 2.75) is 71.6 Å². The van der Waals surface area contributed by atoms with Gasteiger partial charge in [0.2, 0.25) is 5.69 Å². The first-order chi connectivity index (χ1) is 18.0. The van der Waals surface area contributed by atoms with Gasteiger partial charge in [-0.3, -0.25) is 9.28 Å². The molecular formula is C29H52Br2N4O5. The normalized spacial score (nSPS) is 12.4. The summed E-state index contributed by atoms with van der Waals surface area (Å²) in [5, 5.41) is 0. The van der Waals surface area contributed by atoms with Crippen molar-refractivity contribution in [2.75, 3.05) is 68.0 Å². The van der Waals surface area contributed by atoms with E-state index >= 15 is 0 Å². The fourth-order valence-electron chi connectivity index (χ4n) is 4.18. The predicted octanol–water partition coefficient (Wildman–Crippen LogP) is -1.09. The lowest BCUT2D eigenvalue weighted by Crippen LogP contribution is -3.00. The first-order valence-electron chi connectivity index (χ1n) is 14.2. The second kappa shape index (κ2) is 21.2. The molecule has 1 heterocycles. The lowest BCUT2D eigenvalue weighted by molar-refractivity contribution is -0.908. The molecule has 0 aliphatic carbocycles. The number of hydrogen-bond donors (Lipinski definition) is 0. The molecule has 0 aromatic carbocycles. The van der Waals surface area contributed by atoms with Crippen molar-refractivity contribution in [1.82, 2.24) is 9.88 Å². The fraction of sp³-hybridized carbons (Fsp3) is 0.724. The molecular weight excluding hydrogens is 644 g/mol. The van der Waals surface area contributed by atoms with Crippen LogP contribution in [0.4, 0.5) is 4.79 Å². The summed E-state index contributed by atoms with van der Waals surface area (Å²) in [4.78, 5) is 42.0. The molecule has 11 heteroatoms. The first-order valence-corrected chi connectivity index (χ1v) is 14.2. The summed E-state index contributed by atoms with van der Waals surface area (Å²) in [5.41, 5.74) is 0.187. The van der Waals surface area contributed by atoms with Crippen LogP contribution in [0, 0.1) is 0 Å². The summed E-state index contributed by atoms with van der Waals surface area (Å²) in [6.45, 7) is 8.28. The van der Waals surface area contributed by atoms with E-state index in [-0.39, 0.29) is 61.8 Å². The number of likely N-dealkylation sites (N-methyl/N-ethyl adjacent to an activating group) is 1. The lowest BCUT2D eigenvalue weighted by atomic mass is 10.1. The summed E-state index contributed by atoms with van der Waals surface area (Å²) in [7, 11) is 9.20. The molecule has 0 fully saturated rings. The van der Waals surface area contributed by atoms with E-state index in [1.165, 1.54) is 37.0 Å². The zero-order valence-corrected chi connectivity index (χ0v) is 28.9. The van der Waals surface area contributed by atoms with Crippen molar-refractivity contribution in [3.8, 4) is 5.75 Å². The molecule has 1 atom stereocenters. The Morgan fingerprint density at radius 1 is 0.850 bits per heavy atom. The molecule has 1 aromatic heterocycles. The van der Waals surface area contributed by atoms with Crippen molar-refractivity contribution in [2.24, 2.45) is 0 Å². The topological polar surface area (TPSA) is 85.8 Å². The summed E-state index contributed by atoms with van der Waals surface area (Å²) in [5.74, 6) is -0.0828. The molecule has 232 valence electrons. The molecule has 0 aliphatic heterocycles. The lowest BCUT2D eigenvalue weighted by Gasteiger charge is -2.33. The Kier molecular flexibility index (Phi) is 21.5. The molecule has 0 aliphatic rings. The van der Waals surface area contributed by atoms with Crippen LogP contribution in [0.25, 0.3) is 0 Å². The second-order valence-electron chi connectivity index (χ2n) is 11.1. The Morgan fingerprint density at radius 2 is 1.40 bits per heavy atom. The highest BCUT2D eigenvalue weighted by atomic mass is 79.9. The Morgan fingerprint density at radius 3 is 1.93 bits per heavy atom. The zero-order valence-electron chi connectivity index (χ0n) is 25.7. The SMILES string of the molecule is CCC(=O)OCC[N+](C)(CC)CCCCCCCCCC[N+](C)(C)C(=O)c1ncccc1OC(=O)N(C)C.[Br-].[Br-]. The summed E-state index contributed by atoms with van der Waals surface area (Å²) in [6, 6.07) is 3.26. The Balaban J connectivity index is 0. The van der Waals surface area contributed by atoms with Gasteiger partial charge in [0.1, 0.15) is 13.2 Å². The number of hydrogen-bond acceptors (Lipinski definition) is 6. The number of halogens is 2. The van der Waals surface area contributed by atoms with Gasteiger partial charge < -0.3 is 52.8 Å². The van der Waals surface area contributed by atoms with Gasteiger partial charge >= 0.3 is 18.0 Å². The molecule has 0 radical (unpaired) electrons. The van der Waals surface area contributed by atoms with E-state index < -0.39 is 6.09 Å². The minimum absolute atomic E-state index is 0. The second-order valence-corrected chi connectivity index (χ2v) is 11.1. The van der Waals surface area contributed by atoms with Crippen molar-refractivity contribution < 1.29 is 66.8 Å². The third-order valence-corrected chi connectivity index (χ3v) is 7.20. The Bertz CT molecular complexity index is 886. The number of esters is 1. The fourth-order valence-corrected chi connectivity index (χ4v) is 4.18. The van der Waals surface area contributed by atoms with Gasteiger partial charge in [-0.05, 0) is 44.7 Å². The van der Waals surface area contributed by atoms with Crippen LogP contribution in [0.15, 0.2) is 18.3 Å². The third-order valence-electron chi connectivity index (χ3n) is 7.20. The van der Waals surface area contributed by atoms with E-state index in [9.17, 15) is 14.4 Å². The number of carbonyl (C=O) groups excluding carboxylic acids is 3. The third kappa shape index (κ3) is 15.4. The quantitative estimate of drug-likeness (QED) is 0.110. The predicted molar refractivity (Wildman–Crippen MR) is 150 cm³/mol. The van der Waals surface area contributed by atoms with Crippen LogP contribution in [-0.2, 0) is 9.53 Å². The summed E-state index contributed by atoms with van der Waals surface area (Å²) in [6.07, 6.45) is 10.7. The van der Waals surface area contributed by atoms with Crippen LogP contribution in [0.3, 0.4) is 0 Å². The summed E-state index contributed by atoms with van der Waals surface area (Å²) >= 11 is 0. The van der Waals surface area contributed by atoms with Crippen molar-refractivity contribution in [1.29, 1.82) is 0 Å². The molecule has 1 aromatic rings. The van der Waals surface area contributed by atoms with Crippen LogP contribution in [0.1, 0.15) is 82.1 Å². The monoisotopic (exact) mass is 694 g/mol. The number of aromatic nitrogens is 1. The van der Waals surface area contributed by atoms with E-state index in [1.54, 1.807) is 32.4 Å². The molecule has 0 N–H and O–H groups in total. The highest BCUT2D eigenvalue weighted by molar-refractivity contribution is 5.90. The maximum Gasteiger partial charge on any atom is 0.414 e. The van der Waals surface area contributed by atoms with Gasteiger partial charge in [-0.25, -0.2) is 14.6 Å². The van der Waals surface area contributed by atoms with Gasteiger partial charge in [-0.2, -0.15) is 0 Å². The number of nitrogens with zero attached hydrogens (tertiary/aromatic N) is 4. The number of carbonyl (C=O) groups is 3. The molecule has 9 nitrogen and oxygen atoms in total. The largest absolute Gasteiger partial charge is 1.00 e. The minimum atomic E-state index is -0.537. The van der Waals surface area contributed by atoms with Crippen molar-refractivity contribution >= 4 is 18.0 Å². The molecule has 0 saturated carbocycles. The van der Waals surface area contributed by atoms with Crippen molar-refractivity contribution in [3.63, 3.8) is 0 Å². The number of unbranched alkanes of at least 4 members (excludes halogenated alkanes) is 7. The Hall–Kier alpha value is -1.56. The highest BCUT2D eigenvalue weighted by Crippen LogP contribution is 2.21. The van der Waals surface area contributed by atoms with Gasteiger partial charge in [0.25, 0.3) is 0 Å². The van der Waals surface area contributed by atoms with Crippen LogP contribution in [-0.4, -0.2) is 105 Å². The van der Waals surface area contributed by atoms with Crippen LogP contribution in [0.5, 0.6) is 5.75 Å². The standard InChI is InChI=1S/C29H52N4O5.2BrH/c1-8-26(34)37-24-23-33(7,9-2)22-17-15-13-11-10-12-14-16-21-32(5,6)28(35)27-25(19-18-20-30-27)38-29(36)31(3)4;;/h18-20H,8-17,21-24H2,1-7H3;2*1H/q+2;;/p-2. The zero-order chi connectivity index (χ0) is 28.6. The summed E-state index contributed by atoms with van der Waals surface area (Å²) < 4.78 is 11.7. The highest BCUT2D eigenvalue weighted by Gasteiger charge is 2.32. The average molecular weight is 697 g/mol. The van der Waals surface area contributed by atoms with E-state index in [0.717, 1.165) is 43.4 Å². The molecule has 1 unspecified atom stereocenters. The number of ether oxygens (including phenoxy) is 2. The van der Waals surface area contributed by atoms with Crippen LogP contribution >= 0.6 is 0 Å². The van der Waals surface area contributed by atoms with Gasteiger partial charge in [0.05, 0.1) is 40.8 Å². The van der Waals surface area contributed by atoms with Gasteiger partial charge in [-0.15, -0.1) is 0 Å².